The molecule has 49 heavy (non-hydrogen) atoms. The number of unbranched alkanes of at least 4 members (excludes halogenated alkanes) is 1. The number of carbonyl (C=O) groups is 2. The molecule has 4 aromatic rings. The Morgan fingerprint density at radius 1 is 0.918 bits per heavy atom. The van der Waals surface area contributed by atoms with Gasteiger partial charge in [-0.25, -0.2) is 4.68 Å². The lowest BCUT2D eigenvalue weighted by Gasteiger charge is -2.41. The summed E-state index contributed by atoms with van der Waals surface area (Å²) in [7, 11) is 1.69. The van der Waals surface area contributed by atoms with Crippen molar-refractivity contribution in [2.75, 3.05) is 25.1 Å². The molecule has 3 aromatic carbocycles. The molecule has 1 amide bonds. The predicted molar refractivity (Wildman–Crippen MR) is 190 cm³/mol. The Balaban J connectivity index is 0.944. The van der Waals surface area contributed by atoms with Crippen LogP contribution in [0.5, 0.6) is 5.75 Å². The second-order valence-electron chi connectivity index (χ2n) is 14.1. The molecule has 10 heteroatoms. The van der Waals surface area contributed by atoms with Gasteiger partial charge in [0.1, 0.15) is 17.0 Å². The van der Waals surface area contributed by atoms with Crippen LogP contribution in [0.4, 0.5) is 5.69 Å². The summed E-state index contributed by atoms with van der Waals surface area (Å²) in [6.45, 7) is 2.61. The SMILES string of the molecule is COc1cccc(CN(CCCCN2C3CC2C(n2nnc4ccccc42)C3)c2cccc(C(=O)/C=C(/NC3CC3)C(=O)NC3CC3)c2)c1. The Labute approximate surface area is 287 Å². The topological polar surface area (TPSA) is 105 Å². The molecular formula is C39H45N7O3. The fourth-order valence-electron chi connectivity index (χ4n) is 7.54. The van der Waals surface area contributed by atoms with Gasteiger partial charge in [-0.05, 0) is 99.9 Å². The van der Waals surface area contributed by atoms with Gasteiger partial charge in [0, 0.05) is 54.6 Å². The number of aromatic nitrogens is 3. The minimum atomic E-state index is -0.185. The number of benzene rings is 3. The lowest BCUT2D eigenvalue weighted by atomic mass is 10.0. The zero-order valence-corrected chi connectivity index (χ0v) is 28.1. The molecular weight excluding hydrogens is 614 g/mol. The Bertz CT molecular complexity index is 1860. The van der Waals surface area contributed by atoms with E-state index in [1.54, 1.807) is 7.11 Å². The van der Waals surface area contributed by atoms with Gasteiger partial charge in [-0.2, -0.15) is 0 Å². The fourth-order valence-corrected chi connectivity index (χ4v) is 7.54. The van der Waals surface area contributed by atoms with Crippen molar-refractivity contribution in [2.24, 2.45) is 0 Å². The number of amides is 1. The summed E-state index contributed by atoms with van der Waals surface area (Å²) in [5, 5.41) is 15.3. The van der Waals surface area contributed by atoms with Crippen molar-refractivity contribution < 1.29 is 14.3 Å². The monoisotopic (exact) mass is 659 g/mol. The number of ether oxygens (including phenoxy) is 1. The summed E-state index contributed by atoms with van der Waals surface area (Å²) in [6.07, 6.45) is 10.0. The minimum absolute atomic E-state index is 0.166. The lowest BCUT2D eigenvalue weighted by molar-refractivity contribution is -0.118. The van der Waals surface area contributed by atoms with E-state index in [0.29, 0.717) is 35.9 Å². The molecule has 5 fully saturated rings. The number of methoxy groups -OCH3 is 1. The first-order valence-electron chi connectivity index (χ1n) is 17.9. The molecule has 10 nitrogen and oxygen atoms in total. The van der Waals surface area contributed by atoms with Gasteiger partial charge in [0.2, 0.25) is 0 Å². The zero-order chi connectivity index (χ0) is 33.3. The highest BCUT2D eigenvalue weighted by molar-refractivity contribution is 6.09. The van der Waals surface area contributed by atoms with E-state index < -0.39 is 0 Å². The quantitative estimate of drug-likeness (QED) is 0.0935. The maximum absolute atomic E-state index is 13.6. The van der Waals surface area contributed by atoms with Crippen molar-refractivity contribution in [2.45, 2.75) is 88.1 Å². The van der Waals surface area contributed by atoms with Gasteiger partial charge in [-0.1, -0.05) is 41.6 Å². The van der Waals surface area contributed by atoms with Gasteiger partial charge in [0.05, 0.1) is 18.7 Å². The number of hydrogen-bond acceptors (Lipinski definition) is 8. The highest BCUT2D eigenvalue weighted by Crippen LogP contribution is 2.47. The molecule has 2 saturated heterocycles. The average Bonchev–Trinajstić information content (AvgIpc) is 4.00. The Kier molecular flexibility index (Phi) is 8.80. The Morgan fingerprint density at radius 2 is 1.71 bits per heavy atom. The smallest absolute Gasteiger partial charge is 0.267 e. The first kappa shape index (κ1) is 31.6. The molecule has 3 heterocycles. The number of fused-ring (bicyclic) bond motifs is 2. The second-order valence-corrected chi connectivity index (χ2v) is 14.1. The van der Waals surface area contributed by atoms with Crippen LogP contribution < -0.4 is 20.3 Å². The summed E-state index contributed by atoms with van der Waals surface area (Å²) in [4.78, 5) is 31.5. The van der Waals surface area contributed by atoms with Gasteiger partial charge in [-0.15, -0.1) is 5.10 Å². The van der Waals surface area contributed by atoms with E-state index in [1.165, 1.54) is 12.5 Å². The van der Waals surface area contributed by atoms with Crippen molar-refractivity contribution in [3.05, 3.63) is 95.7 Å². The number of hydrogen-bond donors (Lipinski definition) is 2. The van der Waals surface area contributed by atoms with Crippen LogP contribution in [0, 0.1) is 0 Å². The minimum Gasteiger partial charge on any atom is -0.497 e. The molecule has 3 saturated carbocycles. The van der Waals surface area contributed by atoms with Crippen LogP contribution in [0.2, 0.25) is 0 Å². The number of nitrogens with one attached hydrogen (secondary N) is 2. The summed E-state index contributed by atoms with van der Waals surface area (Å²) in [5.74, 6) is 0.477. The van der Waals surface area contributed by atoms with Crippen LogP contribution in [-0.4, -0.2) is 76.0 Å². The molecule has 1 aromatic heterocycles. The maximum Gasteiger partial charge on any atom is 0.267 e. The van der Waals surface area contributed by atoms with Crippen LogP contribution in [0.25, 0.3) is 11.0 Å². The largest absolute Gasteiger partial charge is 0.497 e. The normalized spacial score (nSPS) is 21.7. The third-order valence-corrected chi connectivity index (χ3v) is 10.5. The number of rotatable bonds is 16. The van der Waals surface area contributed by atoms with Crippen molar-refractivity contribution in [3.63, 3.8) is 0 Å². The van der Waals surface area contributed by atoms with Crippen LogP contribution in [0.15, 0.2) is 84.6 Å². The van der Waals surface area contributed by atoms with Gasteiger partial charge < -0.3 is 20.3 Å². The molecule has 254 valence electrons. The van der Waals surface area contributed by atoms with Crippen LogP contribution >= 0.6 is 0 Å². The van der Waals surface area contributed by atoms with Crippen LogP contribution in [0.3, 0.4) is 0 Å². The van der Waals surface area contributed by atoms with Crippen molar-refractivity contribution >= 4 is 28.4 Å². The van der Waals surface area contributed by atoms with E-state index in [9.17, 15) is 9.59 Å². The molecule has 5 aliphatic rings. The summed E-state index contributed by atoms with van der Waals surface area (Å²) in [5.41, 5.74) is 5.17. The highest BCUT2D eigenvalue weighted by atomic mass is 16.5. The highest BCUT2D eigenvalue weighted by Gasteiger charge is 2.52. The van der Waals surface area contributed by atoms with Crippen LogP contribution in [-0.2, 0) is 11.3 Å². The number of carbonyl (C=O) groups excluding carboxylic acids is 2. The van der Waals surface area contributed by atoms with Crippen molar-refractivity contribution in [3.8, 4) is 5.75 Å². The molecule has 2 bridgehead atoms. The number of ketones is 1. The van der Waals surface area contributed by atoms with E-state index in [-0.39, 0.29) is 23.8 Å². The van der Waals surface area contributed by atoms with E-state index in [4.69, 9.17) is 4.74 Å². The summed E-state index contributed by atoms with van der Waals surface area (Å²) in [6, 6.07) is 26.3. The first-order chi connectivity index (χ1) is 24.0. The third kappa shape index (κ3) is 7.06. The number of allylic oxidation sites excluding steroid dienone is 1. The van der Waals surface area contributed by atoms with E-state index in [0.717, 1.165) is 86.1 Å². The lowest BCUT2D eigenvalue weighted by Crippen LogP contribution is -2.50. The Hall–Kier alpha value is -4.70. The number of anilines is 1. The van der Waals surface area contributed by atoms with Crippen molar-refractivity contribution in [1.82, 2.24) is 30.5 Å². The third-order valence-electron chi connectivity index (χ3n) is 10.5. The van der Waals surface area contributed by atoms with E-state index in [2.05, 4.69) is 65.8 Å². The zero-order valence-electron chi connectivity index (χ0n) is 28.1. The predicted octanol–water partition coefficient (Wildman–Crippen LogP) is 5.41. The number of para-hydroxylation sites is 1. The van der Waals surface area contributed by atoms with Gasteiger partial charge in [-0.3, -0.25) is 14.5 Å². The van der Waals surface area contributed by atoms with Crippen LogP contribution in [0.1, 0.15) is 73.3 Å². The summed E-state index contributed by atoms with van der Waals surface area (Å²) >= 11 is 0. The molecule has 2 aliphatic heterocycles. The molecule has 3 aliphatic carbocycles. The van der Waals surface area contributed by atoms with Gasteiger partial charge in [0.15, 0.2) is 5.78 Å². The molecule has 2 N–H and O–H groups in total. The maximum atomic E-state index is 13.6. The molecule has 3 atom stereocenters. The first-order valence-corrected chi connectivity index (χ1v) is 17.9. The van der Waals surface area contributed by atoms with Gasteiger partial charge >= 0.3 is 0 Å². The van der Waals surface area contributed by atoms with E-state index in [1.807, 2.05) is 42.5 Å². The molecule has 0 radical (unpaired) electrons. The molecule has 0 spiro atoms. The average molecular weight is 660 g/mol. The standard InChI is InChI=1S/C39H45N7O3/c1-49-32-11-6-8-26(20-32)25-44(18-4-5-19-45-31-22-36(45)37(23-31)46-35-13-3-2-12-33(35)42-43-46)30-10-7-9-27(21-30)38(47)24-34(40-28-14-15-28)39(48)41-29-16-17-29/h2-3,6-13,20-21,24,28-29,31,36-37,40H,4-5,14-19,22-23,25H2,1H3,(H,41,48)/b34-24+. The van der Waals surface area contributed by atoms with Gasteiger partial charge in [0.25, 0.3) is 5.91 Å². The second kappa shape index (κ2) is 13.7. The van der Waals surface area contributed by atoms with E-state index >= 15 is 0 Å². The number of nitrogens with zero attached hydrogens (tertiary/aromatic N) is 5. The van der Waals surface area contributed by atoms with Crippen molar-refractivity contribution in [1.29, 1.82) is 0 Å². The molecule has 9 rings (SSSR count). The molecule has 3 unspecified atom stereocenters. The summed E-state index contributed by atoms with van der Waals surface area (Å²) < 4.78 is 7.67. The Morgan fingerprint density at radius 3 is 2.55 bits per heavy atom. The fraction of sp³-hybridized carbons (Fsp3) is 0.436.